The van der Waals surface area contributed by atoms with Crippen molar-refractivity contribution in [3.05, 3.63) is 15.7 Å². The highest BCUT2D eigenvalue weighted by atomic mass is 127. The van der Waals surface area contributed by atoms with E-state index in [-0.39, 0.29) is 0 Å². The average Bonchev–Trinajstić information content (AvgIpc) is 2.21. The van der Waals surface area contributed by atoms with Crippen LogP contribution in [0.1, 0.15) is 0 Å². The zero-order valence-electron chi connectivity index (χ0n) is 7.70. The Balaban J connectivity index is 3.33. The van der Waals surface area contributed by atoms with Gasteiger partial charge >= 0.3 is 0 Å². The summed E-state index contributed by atoms with van der Waals surface area (Å²) in [5, 5.41) is 2.32. The summed E-state index contributed by atoms with van der Waals surface area (Å²) < 4.78 is 11.2. The van der Waals surface area contributed by atoms with Crippen molar-refractivity contribution in [2.45, 2.75) is 0 Å². The van der Waals surface area contributed by atoms with E-state index < -0.39 is 0 Å². The van der Waals surface area contributed by atoms with Crippen LogP contribution in [-0.4, -0.2) is 19.4 Å². The molecule has 0 saturated carbocycles. The van der Waals surface area contributed by atoms with E-state index in [1.807, 2.05) is 0 Å². The lowest BCUT2D eigenvalue weighted by Crippen LogP contribution is -1.90. The Labute approximate surface area is 101 Å². The monoisotopic (exact) mass is 321 g/mol. The predicted molar refractivity (Wildman–Crippen MR) is 66.9 cm³/mol. The molecule has 0 amide bonds. The van der Waals surface area contributed by atoms with Gasteiger partial charge in [-0.2, -0.15) is 4.99 Å². The molecule has 0 aliphatic carbocycles. The number of aliphatic imine (C=N–C) groups is 1. The van der Waals surface area contributed by atoms with Gasteiger partial charge in [0.1, 0.15) is 11.5 Å². The molecule has 0 N–H and O–H groups in total. The van der Waals surface area contributed by atoms with Crippen LogP contribution in [-0.2, 0) is 0 Å². The van der Waals surface area contributed by atoms with E-state index in [4.69, 9.17) is 9.47 Å². The van der Waals surface area contributed by atoms with Gasteiger partial charge in [0.25, 0.3) is 0 Å². The number of hydrogen-bond donors (Lipinski definition) is 0. The normalized spacial score (nSPS) is 9.07. The lowest BCUT2D eigenvalue weighted by molar-refractivity contribution is 0.393. The van der Waals surface area contributed by atoms with Crippen LogP contribution in [0.3, 0.4) is 0 Å². The van der Waals surface area contributed by atoms with Crippen LogP contribution in [0.2, 0.25) is 0 Å². The molecule has 0 aliphatic rings. The van der Waals surface area contributed by atoms with E-state index in [2.05, 4.69) is 45.0 Å². The first-order chi connectivity index (χ1) is 6.72. The molecule has 1 aromatic carbocycles. The minimum Gasteiger partial charge on any atom is -0.497 e. The molecule has 1 aromatic rings. The fourth-order valence-corrected chi connectivity index (χ4v) is 1.71. The molecule has 0 radical (unpaired) electrons. The zero-order chi connectivity index (χ0) is 10.6. The molecule has 14 heavy (non-hydrogen) atoms. The molecule has 3 nitrogen and oxygen atoms in total. The summed E-state index contributed by atoms with van der Waals surface area (Å²) in [7, 11) is 3.19. The second kappa shape index (κ2) is 5.29. The van der Waals surface area contributed by atoms with Crippen LogP contribution in [0, 0.1) is 3.57 Å². The highest BCUT2D eigenvalue weighted by molar-refractivity contribution is 14.1. The van der Waals surface area contributed by atoms with Crippen molar-refractivity contribution in [3.8, 4) is 11.5 Å². The van der Waals surface area contributed by atoms with Crippen molar-refractivity contribution in [1.82, 2.24) is 0 Å². The van der Waals surface area contributed by atoms with Gasteiger partial charge in [-0.3, -0.25) is 0 Å². The van der Waals surface area contributed by atoms with Gasteiger partial charge < -0.3 is 9.47 Å². The molecule has 0 saturated heterocycles. The number of ether oxygens (including phenoxy) is 2. The lowest BCUT2D eigenvalue weighted by Gasteiger charge is -2.07. The van der Waals surface area contributed by atoms with Crippen LogP contribution < -0.4 is 9.47 Å². The molecule has 0 heterocycles. The number of hydrogen-bond acceptors (Lipinski definition) is 4. The Morgan fingerprint density at radius 1 is 1.36 bits per heavy atom. The molecule has 1 rings (SSSR count). The maximum atomic E-state index is 5.17. The largest absolute Gasteiger partial charge is 0.497 e. The lowest BCUT2D eigenvalue weighted by atomic mass is 10.3. The van der Waals surface area contributed by atoms with Crippen LogP contribution in [0.15, 0.2) is 17.1 Å². The summed E-state index contributed by atoms with van der Waals surface area (Å²) in [5.74, 6) is 1.40. The molecule has 0 aliphatic heterocycles. The van der Waals surface area contributed by atoms with Gasteiger partial charge in [-0.1, -0.05) is 0 Å². The van der Waals surface area contributed by atoms with Crippen molar-refractivity contribution in [3.63, 3.8) is 0 Å². The Bertz CT molecular complexity index is 389. The maximum Gasteiger partial charge on any atom is 0.138 e. The second-order valence-electron chi connectivity index (χ2n) is 2.37. The summed E-state index contributed by atoms with van der Waals surface area (Å²) in [6, 6.07) is 3.58. The summed E-state index contributed by atoms with van der Waals surface area (Å²) in [6.07, 6.45) is 0. The fraction of sp³-hybridized carbons (Fsp3) is 0.222. The third-order valence-corrected chi connectivity index (χ3v) is 2.79. The van der Waals surface area contributed by atoms with Crippen molar-refractivity contribution < 1.29 is 9.47 Å². The molecule has 0 fully saturated rings. The molecular formula is C9H8INO2S. The van der Waals surface area contributed by atoms with E-state index in [9.17, 15) is 0 Å². The second-order valence-corrected chi connectivity index (χ2v) is 3.63. The summed E-state index contributed by atoms with van der Waals surface area (Å²) >= 11 is 6.69. The summed E-state index contributed by atoms with van der Waals surface area (Å²) in [6.45, 7) is 0. The van der Waals surface area contributed by atoms with Crippen molar-refractivity contribution in [2.75, 3.05) is 14.2 Å². The number of nitrogens with zero attached hydrogens (tertiary/aromatic N) is 1. The van der Waals surface area contributed by atoms with Gasteiger partial charge in [0.2, 0.25) is 0 Å². The number of thiocarbonyl (C=S) groups is 1. The zero-order valence-corrected chi connectivity index (χ0v) is 10.7. The number of isothiocyanates is 1. The topological polar surface area (TPSA) is 30.8 Å². The van der Waals surface area contributed by atoms with Gasteiger partial charge in [-0.05, 0) is 34.8 Å². The van der Waals surface area contributed by atoms with Gasteiger partial charge in [0.15, 0.2) is 0 Å². The first-order valence-corrected chi connectivity index (χ1v) is 5.21. The number of methoxy groups -OCH3 is 2. The number of rotatable bonds is 3. The molecule has 0 spiro atoms. The Kier molecular flexibility index (Phi) is 4.31. The SMILES string of the molecule is COc1cc(N=C=S)c(I)c(OC)c1. The summed E-state index contributed by atoms with van der Waals surface area (Å²) in [4.78, 5) is 3.92. The number of benzene rings is 1. The first kappa shape index (κ1) is 11.4. The van der Waals surface area contributed by atoms with E-state index >= 15 is 0 Å². The summed E-state index contributed by atoms with van der Waals surface area (Å²) in [5.41, 5.74) is 0.705. The minimum atomic E-state index is 0.686. The smallest absolute Gasteiger partial charge is 0.138 e. The molecule has 0 atom stereocenters. The van der Waals surface area contributed by atoms with Crippen molar-refractivity contribution >= 4 is 45.7 Å². The fourth-order valence-electron chi connectivity index (χ4n) is 0.955. The van der Waals surface area contributed by atoms with Crippen LogP contribution in [0.25, 0.3) is 0 Å². The van der Waals surface area contributed by atoms with Crippen molar-refractivity contribution in [1.29, 1.82) is 0 Å². The van der Waals surface area contributed by atoms with Gasteiger partial charge in [-0.25, -0.2) is 0 Å². The van der Waals surface area contributed by atoms with E-state index in [0.717, 1.165) is 3.57 Å². The molecule has 74 valence electrons. The van der Waals surface area contributed by atoms with Gasteiger partial charge in [0, 0.05) is 12.1 Å². The minimum absolute atomic E-state index is 0.686. The average molecular weight is 321 g/mol. The Hall–Kier alpha value is -0.650. The molecular weight excluding hydrogens is 313 g/mol. The molecule has 0 bridgehead atoms. The standard InChI is InChI=1S/C9H8INO2S/c1-12-6-3-7(11-5-14)9(10)8(4-6)13-2/h3-4H,1-2H3. The highest BCUT2D eigenvalue weighted by Gasteiger charge is 2.08. The van der Waals surface area contributed by atoms with E-state index in [1.165, 1.54) is 0 Å². The van der Waals surface area contributed by atoms with Gasteiger partial charge in [-0.15, -0.1) is 0 Å². The van der Waals surface area contributed by atoms with Crippen molar-refractivity contribution in [2.24, 2.45) is 4.99 Å². The van der Waals surface area contributed by atoms with Crippen LogP contribution >= 0.6 is 34.8 Å². The van der Waals surface area contributed by atoms with E-state index in [1.54, 1.807) is 26.4 Å². The third kappa shape index (κ3) is 2.43. The maximum absolute atomic E-state index is 5.17. The van der Waals surface area contributed by atoms with Crippen LogP contribution in [0.4, 0.5) is 5.69 Å². The van der Waals surface area contributed by atoms with E-state index in [0.29, 0.717) is 17.2 Å². The highest BCUT2D eigenvalue weighted by Crippen LogP contribution is 2.34. The van der Waals surface area contributed by atoms with Gasteiger partial charge in [0.05, 0.1) is 28.6 Å². The number of halogens is 1. The Morgan fingerprint density at radius 3 is 2.57 bits per heavy atom. The quantitative estimate of drug-likeness (QED) is 0.487. The molecule has 0 aromatic heterocycles. The molecule has 0 unspecified atom stereocenters. The first-order valence-electron chi connectivity index (χ1n) is 3.72. The predicted octanol–water partition coefficient (Wildman–Crippen LogP) is 3.04. The Morgan fingerprint density at radius 2 is 2.07 bits per heavy atom. The molecule has 5 heteroatoms. The third-order valence-electron chi connectivity index (χ3n) is 1.62. The van der Waals surface area contributed by atoms with Crippen LogP contribution in [0.5, 0.6) is 11.5 Å².